The van der Waals surface area contributed by atoms with E-state index in [1.807, 2.05) is 6.07 Å². The number of nitrogens with zero attached hydrogens (tertiary/aromatic N) is 2. The van der Waals surface area contributed by atoms with Gasteiger partial charge in [0.2, 0.25) is 0 Å². The highest BCUT2D eigenvalue weighted by molar-refractivity contribution is 9.10. The van der Waals surface area contributed by atoms with Gasteiger partial charge in [0.05, 0.1) is 11.0 Å². The minimum Gasteiger partial charge on any atom is -0.304 e. The number of carbonyl (C=O) groups excluding carboxylic acids is 1. The summed E-state index contributed by atoms with van der Waals surface area (Å²) in [5, 5.41) is 7.33. The zero-order valence-electron chi connectivity index (χ0n) is 12.6. The van der Waals surface area contributed by atoms with Crippen LogP contribution in [0.1, 0.15) is 15.9 Å². The molecule has 0 fully saturated rings. The Morgan fingerprint density at radius 1 is 1.24 bits per heavy atom. The molecule has 4 nitrogen and oxygen atoms in total. The van der Waals surface area contributed by atoms with E-state index >= 15 is 0 Å². The summed E-state index contributed by atoms with van der Waals surface area (Å²) in [5.41, 5.74) is 0.831. The highest BCUT2D eigenvalue weighted by atomic mass is 79.9. The van der Waals surface area contributed by atoms with Crippen molar-refractivity contribution in [2.24, 2.45) is 0 Å². The summed E-state index contributed by atoms with van der Waals surface area (Å²) in [4.78, 5) is 12.3. The van der Waals surface area contributed by atoms with Crippen LogP contribution >= 0.6 is 43.5 Å². The molecule has 0 aliphatic carbocycles. The van der Waals surface area contributed by atoms with Crippen LogP contribution in [0.15, 0.2) is 57.6 Å². The third kappa shape index (κ3) is 4.29. The summed E-state index contributed by atoms with van der Waals surface area (Å²) < 4.78 is 16.8. The highest BCUT2D eigenvalue weighted by Crippen LogP contribution is 2.24. The number of benzene rings is 2. The molecule has 0 bridgehead atoms. The Hall–Kier alpha value is -1.70. The monoisotopic (exact) mass is 485 g/mol. The van der Waals surface area contributed by atoms with Crippen LogP contribution in [0.5, 0.6) is 0 Å². The van der Waals surface area contributed by atoms with Gasteiger partial charge in [0.1, 0.15) is 5.82 Å². The van der Waals surface area contributed by atoms with E-state index in [1.54, 1.807) is 36.5 Å². The Morgan fingerprint density at radius 2 is 2.00 bits per heavy atom. The highest BCUT2D eigenvalue weighted by Gasteiger charge is 2.14. The summed E-state index contributed by atoms with van der Waals surface area (Å²) in [5.74, 6) is -0.354. The van der Waals surface area contributed by atoms with E-state index in [1.165, 1.54) is 10.7 Å². The minimum atomic E-state index is -0.404. The first-order chi connectivity index (χ1) is 11.9. The number of carbonyl (C=O) groups is 1. The van der Waals surface area contributed by atoms with Crippen molar-refractivity contribution in [3.8, 4) is 0 Å². The molecular formula is C17H11Br2ClFN3O. The van der Waals surface area contributed by atoms with E-state index in [9.17, 15) is 9.18 Å². The zero-order chi connectivity index (χ0) is 18.0. The van der Waals surface area contributed by atoms with Crippen molar-refractivity contribution in [2.75, 3.05) is 5.32 Å². The molecule has 0 saturated carbocycles. The fourth-order valence-corrected chi connectivity index (χ4v) is 3.25. The van der Waals surface area contributed by atoms with E-state index in [0.717, 1.165) is 4.47 Å². The number of rotatable bonds is 4. The standard InChI is InChI=1S/C17H11Br2ClFN3O/c18-11-4-1-3-10(7-11)17(25)22-16-13(19)9-24(23-16)8-12-14(20)5-2-6-15(12)21/h1-7,9H,8H2,(H,22,23,25). The van der Waals surface area contributed by atoms with Gasteiger partial charge in [-0.05, 0) is 46.3 Å². The second-order valence-corrected chi connectivity index (χ2v) is 7.37. The lowest BCUT2D eigenvalue weighted by Gasteiger charge is -2.06. The maximum atomic E-state index is 13.9. The molecule has 8 heteroatoms. The lowest BCUT2D eigenvalue weighted by molar-refractivity contribution is 0.102. The number of hydrogen-bond donors (Lipinski definition) is 1. The van der Waals surface area contributed by atoms with Crippen molar-refractivity contribution in [2.45, 2.75) is 6.54 Å². The Kier molecular flexibility index (Phi) is 5.56. The summed E-state index contributed by atoms with van der Waals surface area (Å²) in [6, 6.07) is 11.5. The molecule has 3 aromatic rings. The fourth-order valence-electron chi connectivity index (χ4n) is 2.22. The molecule has 0 aliphatic rings. The third-order valence-electron chi connectivity index (χ3n) is 3.42. The van der Waals surface area contributed by atoms with Crippen LogP contribution in [-0.4, -0.2) is 15.7 Å². The number of hydrogen-bond acceptors (Lipinski definition) is 2. The van der Waals surface area contributed by atoms with Crippen molar-refractivity contribution in [1.29, 1.82) is 0 Å². The Morgan fingerprint density at radius 3 is 2.72 bits per heavy atom. The molecule has 1 heterocycles. The zero-order valence-corrected chi connectivity index (χ0v) is 16.6. The second kappa shape index (κ2) is 7.68. The van der Waals surface area contributed by atoms with Crippen molar-refractivity contribution >= 4 is 55.2 Å². The molecule has 3 rings (SSSR count). The second-order valence-electron chi connectivity index (χ2n) is 5.19. The van der Waals surface area contributed by atoms with Crippen molar-refractivity contribution in [1.82, 2.24) is 9.78 Å². The van der Waals surface area contributed by atoms with Gasteiger partial charge in [0.15, 0.2) is 5.82 Å². The molecule has 0 atom stereocenters. The van der Waals surface area contributed by atoms with E-state index in [2.05, 4.69) is 42.3 Å². The number of nitrogens with one attached hydrogen (secondary N) is 1. The first-order valence-corrected chi connectivity index (χ1v) is 9.13. The van der Waals surface area contributed by atoms with Gasteiger partial charge < -0.3 is 5.32 Å². The number of anilines is 1. The molecule has 128 valence electrons. The topological polar surface area (TPSA) is 46.9 Å². The van der Waals surface area contributed by atoms with Crippen LogP contribution in [-0.2, 0) is 6.54 Å². The molecule has 0 radical (unpaired) electrons. The van der Waals surface area contributed by atoms with Gasteiger partial charge in [0, 0.05) is 26.8 Å². The Labute approximate surface area is 165 Å². The summed E-state index contributed by atoms with van der Waals surface area (Å²) in [6.07, 6.45) is 1.65. The smallest absolute Gasteiger partial charge is 0.256 e. The molecular weight excluding hydrogens is 476 g/mol. The van der Waals surface area contributed by atoms with E-state index in [0.29, 0.717) is 26.4 Å². The largest absolute Gasteiger partial charge is 0.304 e. The quantitative estimate of drug-likeness (QED) is 0.528. The summed E-state index contributed by atoms with van der Waals surface area (Å²) >= 11 is 12.7. The van der Waals surface area contributed by atoms with Gasteiger partial charge in [0.25, 0.3) is 5.91 Å². The molecule has 1 amide bonds. The molecule has 1 aromatic heterocycles. The van der Waals surface area contributed by atoms with Gasteiger partial charge in [-0.3, -0.25) is 9.48 Å². The molecule has 1 N–H and O–H groups in total. The van der Waals surface area contributed by atoms with Gasteiger partial charge >= 0.3 is 0 Å². The van der Waals surface area contributed by atoms with Gasteiger partial charge in [-0.1, -0.05) is 39.7 Å². The first kappa shape index (κ1) is 18.1. The molecule has 0 spiro atoms. The summed E-state index contributed by atoms with van der Waals surface area (Å²) in [7, 11) is 0. The average Bonchev–Trinajstić information content (AvgIpc) is 2.90. The van der Waals surface area contributed by atoms with E-state index in [4.69, 9.17) is 11.6 Å². The normalized spacial score (nSPS) is 10.7. The van der Waals surface area contributed by atoms with Crippen LogP contribution in [0.2, 0.25) is 5.02 Å². The number of aromatic nitrogens is 2. The number of halogens is 4. The van der Waals surface area contributed by atoms with Gasteiger partial charge in [-0.2, -0.15) is 5.10 Å². The maximum absolute atomic E-state index is 13.9. The van der Waals surface area contributed by atoms with Gasteiger partial charge in [-0.15, -0.1) is 0 Å². The molecule has 2 aromatic carbocycles. The summed E-state index contributed by atoms with van der Waals surface area (Å²) in [6.45, 7) is 0.150. The Balaban J connectivity index is 1.80. The van der Waals surface area contributed by atoms with Crippen molar-refractivity contribution in [3.63, 3.8) is 0 Å². The lowest BCUT2D eigenvalue weighted by atomic mass is 10.2. The van der Waals surface area contributed by atoms with Crippen LogP contribution in [0.3, 0.4) is 0 Å². The average molecular weight is 488 g/mol. The lowest BCUT2D eigenvalue weighted by Crippen LogP contribution is -2.13. The molecule has 0 unspecified atom stereocenters. The fraction of sp³-hybridized carbons (Fsp3) is 0.0588. The molecule has 0 aliphatic heterocycles. The van der Waals surface area contributed by atoms with Crippen molar-refractivity contribution in [3.05, 3.63) is 79.6 Å². The molecule has 0 saturated heterocycles. The predicted octanol–water partition coefficient (Wildman–Crippen LogP) is 5.50. The van der Waals surface area contributed by atoms with E-state index in [-0.39, 0.29) is 12.5 Å². The Bertz CT molecular complexity index is 925. The van der Waals surface area contributed by atoms with E-state index < -0.39 is 5.82 Å². The van der Waals surface area contributed by atoms with Crippen molar-refractivity contribution < 1.29 is 9.18 Å². The van der Waals surface area contributed by atoms with Crippen LogP contribution in [0, 0.1) is 5.82 Å². The third-order valence-corrected chi connectivity index (χ3v) is 4.85. The maximum Gasteiger partial charge on any atom is 0.256 e. The van der Waals surface area contributed by atoms with Crippen LogP contribution in [0.25, 0.3) is 0 Å². The predicted molar refractivity (Wildman–Crippen MR) is 103 cm³/mol. The van der Waals surface area contributed by atoms with Gasteiger partial charge in [-0.25, -0.2) is 4.39 Å². The van der Waals surface area contributed by atoms with Crippen LogP contribution < -0.4 is 5.32 Å². The first-order valence-electron chi connectivity index (χ1n) is 7.17. The molecule has 25 heavy (non-hydrogen) atoms. The minimum absolute atomic E-state index is 0.150. The number of amides is 1. The SMILES string of the molecule is O=C(Nc1nn(Cc2c(F)cccc2Cl)cc1Br)c1cccc(Br)c1. The van der Waals surface area contributed by atoms with Crippen LogP contribution in [0.4, 0.5) is 10.2 Å².